The van der Waals surface area contributed by atoms with E-state index in [1.165, 1.54) is 11.8 Å². The predicted octanol–water partition coefficient (Wildman–Crippen LogP) is 1.95. The number of carbonyl (C=O) groups excluding carboxylic acids is 2. The number of oxazole rings is 1. The van der Waals surface area contributed by atoms with Crippen molar-refractivity contribution < 1.29 is 14.0 Å². The van der Waals surface area contributed by atoms with Crippen LogP contribution >= 0.6 is 11.8 Å². The van der Waals surface area contributed by atoms with Gasteiger partial charge >= 0.3 is 0 Å². The van der Waals surface area contributed by atoms with Gasteiger partial charge in [-0.05, 0) is 25.5 Å². The van der Waals surface area contributed by atoms with Crippen molar-refractivity contribution in [2.24, 2.45) is 0 Å². The molecule has 7 heteroatoms. The minimum Gasteiger partial charge on any atom is -0.431 e. The van der Waals surface area contributed by atoms with Gasteiger partial charge in [-0.1, -0.05) is 30.8 Å². The van der Waals surface area contributed by atoms with Crippen molar-refractivity contribution in [3.63, 3.8) is 0 Å². The highest BCUT2D eigenvalue weighted by Crippen LogP contribution is 2.22. The summed E-state index contributed by atoms with van der Waals surface area (Å²) in [7, 11) is 0. The van der Waals surface area contributed by atoms with E-state index in [-0.39, 0.29) is 17.6 Å². The maximum absolute atomic E-state index is 11.8. The van der Waals surface area contributed by atoms with Crippen molar-refractivity contribution >= 4 is 34.7 Å². The zero-order valence-corrected chi connectivity index (χ0v) is 13.4. The summed E-state index contributed by atoms with van der Waals surface area (Å²) in [6.07, 6.45) is 0.861. The Morgan fingerprint density at radius 3 is 2.86 bits per heavy atom. The lowest BCUT2D eigenvalue weighted by atomic mass is 10.3. The van der Waals surface area contributed by atoms with Crippen LogP contribution in [0.3, 0.4) is 0 Å². The van der Waals surface area contributed by atoms with E-state index in [9.17, 15) is 9.59 Å². The summed E-state index contributed by atoms with van der Waals surface area (Å²) in [6, 6.07) is 6.87. The quantitative estimate of drug-likeness (QED) is 0.762. The molecule has 0 saturated heterocycles. The monoisotopic (exact) mass is 321 g/mol. The number of rotatable bonds is 7. The van der Waals surface area contributed by atoms with Crippen molar-refractivity contribution in [1.82, 2.24) is 15.6 Å². The lowest BCUT2D eigenvalue weighted by molar-refractivity contribution is -0.127. The molecule has 0 aliphatic carbocycles. The summed E-state index contributed by atoms with van der Waals surface area (Å²) in [5.41, 5.74) is 1.45. The summed E-state index contributed by atoms with van der Waals surface area (Å²) < 4.78 is 5.52. The molecule has 1 unspecified atom stereocenters. The first kappa shape index (κ1) is 16.4. The molecule has 6 nitrogen and oxygen atoms in total. The summed E-state index contributed by atoms with van der Waals surface area (Å²) >= 11 is 1.20. The smallest absolute Gasteiger partial charge is 0.257 e. The van der Waals surface area contributed by atoms with Crippen LogP contribution in [0.4, 0.5) is 0 Å². The molecule has 22 heavy (non-hydrogen) atoms. The Morgan fingerprint density at radius 2 is 2.14 bits per heavy atom. The third-order valence-electron chi connectivity index (χ3n) is 2.92. The standard InChI is InChI=1S/C15H19N3O3S/c1-3-8-16-14(20)10(2)17-13(19)9-22-15-18-11-6-4-5-7-12(11)21-15/h4-7,10H,3,8-9H2,1-2H3,(H,16,20)(H,17,19). The Bertz CT molecular complexity index is 623. The van der Waals surface area contributed by atoms with Gasteiger partial charge in [0.25, 0.3) is 5.22 Å². The number of carbonyl (C=O) groups is 2. The molecule has 0 aliphatic rings. The van der Waals surface area contributed by atoms with Gasteiger partial charge in [0.1, 0.15) is 11.6 Å². The molecule has 0 fully saturated rings. The van der Waals surface area contributed by atoms with Gasteiger partial charge in [-0.2, -0.15) is 0 Å². The average molecular weight is 321 g/mol. The first-order valence-corrected chi connectivity index (χ1v) is 8.14. The van der Waals surface area contributed by atoms with Gasteiger partial charge in [-0.3, -0.25) is 9.59 Å². The Labute approximate surface area is 133 Å². The van der Waals surface area contributed by atoms with E-state index < -0.39 is 6.04 Å². The topological polar surface area (TPSA) is 84.2 Å². The number of thioether (sulfide) groups is 1. The summed E-state index contributed by atoms with van der Waals surface area (Å²) in [5, 5.41) is 5.83. The molecule has 1 heterocycles. The third kappa shape index (κ3) is 4.49. The molecule has 0 aliphatic heterocycles. The van der Waals surface area contributed by atoms with Gasteiger partial charge in [0.05, 0.1) is 5.75 Å². The van der Waals surface area contributed by atoms with Gasteiger partial charge in [-0.25, -0.2) is 4.98 Å². The molecule has 0 spiro atoms. The number of nitrogens with one attached hydrogen (secondary N) is 2. The fraction of sp³-hybridized carbons (Fsp3) is 0.400. The molecule has 0 bridgehead atoms. The number of benzene rings is 1. The van der Waals surface area contributed by atoms with Gasteiger partial charge in [-0.15, -0.1) is 0 Å². The lowest BCUT2D eigenvalue weighted by Crippen LogP contribution is -2.45. The first-order chi connectivity index (χ1) is 10.6. The van der Waals surface area contributed by atoms with Crippen LogP contribution in [0.5, 0.6) is 0 Å². The molecular formula is C15H19N3O3S. The summed E-state index contributed by atoms with van der Waals surface area (Å²) in [6.45, 7) is 4.24. The zero-order chi connectivity index (χ0) is 15.9. The average Bonchev–Trinajstić information content (AvgIpc) is 2.93. The van der Waals surface area contributed by atoms with Crippen LogP contribution in [0.1, 0.15) is 20.3 Å². The van der Waals surface area contributed by atoms with Crippen LogP contribution in [0, 0.1) is 0 Å². The molecule has 1 aromatic heterocycles. The van der Waals surface area contributed by atoms with Crippen molar-refractivity contribution in [3.05, 3.63) is 24.3 Å². The molecule has 2 amide bonds. The SMILES string of the molecule is CCCNC(=O)C(C)NC(=O)CSc1nc2ccccc2o1. The largest absolute Gasteiger partial charge is 0.431 e. The number of para-hydroxylation sites is 2. The Kier molecular flexibility index (Phi) is 5.83. The predicted molar refractivity (Wildman–Crippen MR) is 85.6 cm³/mol. The fourth-order valence-corrected chi connectivity index (χ4v) is 2.44. The molecule has 1 aromatic carbocycles. The Morgan fingerprint density at radius 1 is 1.36 bits per heavy atom. The van der Waals surface area contributed by atoms with E-state index in [4.69, 9.17) is 4.42 Å². The van der Waals surface area contributed by atoms with Crippen LogP contribution in [-0.2, 0) is 9.59 Å². The second-order valence-corrected chi connectivity index (χ2v) is 5.74. The van der Waals surface area contributed by atoms with Gasteiger partial charge in [0, 0.05) is 6.54 Å². The van der Waals surface area contributed by atoms with E-state index in [2.05, 4.69) is 15.6 Å². The number of nitrogens with zero attached hydrogens (tertiary/aromatic N) is 1. The van der Waals surface area contributed by atoms with E-state index in [1.807, 2.05) is 31.2 Å². The first-order valence-electron chi connectivity index (χ1n) is 7.15. The highest BCUT2D eigenvalue weighted by Gasteiger charge is 2.16. The van der Waals surface area contributed by atoms with Crippen molar-refractivity contribution in [2.45, 2.75) is 31.5 Å². The van der Waals surface area contributed by atoms with Crippen LogP contribution in [-0.4, -0.2) is 35.1 Å². The van der Waals surface area contributed by atoms with Crippen molar-refractivity contribution in [3.8, 4) is 0 Å². The van der Waals surface area contributed by atoms with E-state index >= 15 is 0 Å². The molecule has 1 atom stereocenters. The van der Waals surface area contributed by atoms with Gasteiger partial charge in [0.2, 0.25) is 11.8 Å². The second kappa shape index (κ2) is 7.84. The number of fused-ring (bicyclic) bond motifs is 1. The van der Waals surface area contributed by atoms with E-state index in [0.717, 1.165) is 11.9 Å². The normalized spacial score (nSPS) is 12.1. The minimum atomic E-state index is -0.553. The van der Waals surface area contributed by atoms with E-state index in [1.54, 1.807) is 6.92 Å². The number of hydrogen-bond acceptors (Lipinski definition) is 5. The number of hydrogen-bond donors (Lipinski definition) is 2. The molecule has 2 N–H and O–H groups in total. The van der Waals surface area contributed by atoms with Crippen LogP contribution < -0.4 is 10.6 Å². The van der Waals surface area contributed by atoms with Gasteiger partial charge in [0.15, 0.2) is 5.58 Å². The highest BCUT2D eigenvalue weighted by atomic mass is 32.2. The maximum atomic E-state index is 11.8. The number of amides is 2. The second-order valence-electron chi connectivity index (χ2n) is 4.82. The fourth-order valence-electron chi connectivity index (χ4n) is 1.79. The molecule has 2 aromatic rings. The molecule has 0 radical (unpaired) electrons. The molecular weight excluding hydrogens is 302 g/mol. The van der Waals surface area contributed by atoms with E-state index in [0.29, 0.717) is 17.4 Å². The highest BCUT2D eigenvalue weighted by molar-refractivity contribution is 7.99. The van der Waals surface area contributed by atoms with Crippen molar-refractivity contribution in [1.29, 1.82) is 0 Å². The third-order valence-corrected chi connectivity index (χ3v) is 3.75. The van der Waals surface area contributed by atoms with Crippen LogP contribution in [0.15, 0.2) is 33.9 Å². The Hall–Kier alpha value is -2.02. The minimum absolute atomic E-state index is 0.151. The maximum Gasteiger partial charge on any atom is 0.257 e. The molecule has 2 rings (SSSR count). The Balaban J connectivity index is 1.81. The van der Waals surface area contributed by atoms with Gasteiger partial charge < -0.3 is 15.1 Å². The summed E-state index contributed by atoms with van der Waals surface area (Å²) in [4.78, 5) is 27.8. The van der Waals surface area contributed by atoms with Crippen molar-refractivity contribution in [2.75, 3.05) is 12.3 Å². The summed E-state index contributed by atoms with van der Waals surface area (Å²) in [5.74, 6) is -0.258. The van der Waals surface area contributed by atoms with Crippen LogP contribution in [0.25, 0.3) is 11.1 Å². The molecule has 118 valence electrons. The van der Waals surface area contributed by atoms with Crippen LogP contribution in [0.2, 0.25) is 0 Å². The lowest BCUT2D eigenvalue weighted by Gasteiger charge is -2.13. The molecule has 0 saturated carbocycles. The zero-order valence-electron chi connectivity index (χ0n) is 12.6. The number of aromatic nitrogens is 1.